The molecule has 178 valence electrons. The number of aromatic nitrogens is 1. The summed E-state index contributed by atoms with van der Waals surface area (Å²) in [6.07, 6.45) is 0. The smallest absolute Gasteiger partial charge is 0.339 e. The van der Waals surface area contributed by atoms with Gasteiger partial charge in [-0.25, -0.2) is 0 Å². The Morgan fingerprint density at radius 3 is 2.00 bits per heavy atom. The van der Waals surface area contributed by atoms with E-state index in [1.54, 1.807) is 91.0 Å². The first-order valence-electron chi connectivity index (χ1n) is 11.2. The molecule has 0 bridgehead atoms. The van der Waals surface area contributed by atoms with Crippen molar-refractivity contribution in [1.29, 1.82) is 0 Å². The summed E-state index contributed by atoms with van der Waals surface area (Å²) in [6.45, 7) is 1.84. The minimum atomic E-state index is -4.35. The molecular weight excluding hydrogens is 474 g/mol. The van der Waals surface area contributed by atoms with Gasteiger partial charge >= 0.3 is 10.1 Å². The maximum Gasteiger partial charge on any atom is 0.339 e. The number of ketones is 1. The summed E-state index contributed by atoms with van der Waals surface area (Å²) in [5.41, 5.74) is 1.02. The van der Waals surface area contributed by atoms with Gasteiger partial charge in [0.1, 0.15) is 10.5 Å². The summed E-state index contributed by atoms with van der Waals surface area (Å²) in [5.74, 6) is -0.928. The van der Waals surface area contributed by atoms with E-state index < -0.39 is 21.5 Å². The molecule has 5 aromatic rings. The quantitative estimate of drug-likeness (QED) is 0.236. The summed E-state index contributed by atoms with van der Waals surface area (Å²) in [7, 11) is -4.35. The van der Waals surface area contributed by atoms with E-state index >= 15 is 0 Å². The Bertz CT molecular complexity index is 1740. The molecule has 0 amide bonds. The highest BCUT2D eigenvalue weighted by molar-refractivity contribution is 7.87. The Hall–Kier alpha value is -4.49. The van der Waals surface area contributed by atoms with Gasteiger partial charge in [0.15, 0.2) is 5.75 Å². The lowest BCUT2D eigenvalue weighted by Gasteiger charge is -2.18. The molecule has 0 atom stereocenters. The van der Waals surface area contributed by atoms with Crippen molar-refractivity contribution in [3.05, 3.63) is 136 Å². The second-order valence-electron chi connectivity index (χ2n) is 8.24. The molecule has 0 N–H and O–H groups in total. The first kappa shape index (κ1) is 23.3. The van der Waals surface area contributed by atoms with Crippen LogP contribution in [0.1, 0.15) is 21.5 Å². The fourth-order valence-electron chi connectivity index (χ4n) is 4.03. The number of carbonyl (C=O) groups is 1. The molecule has 4 aromatic carbocycles. The van der Waals surface area contributed by atoms with Crippen molar-refractivity contribution in [1.82, 2.24) is 4.57 Å². The summed E-state index contributed by atoms with van der Waals surface area (Å²) in [4.78, 5) is 27.6. The van der Waals surface area contributed by atoms with Crippen molar-refractivity contribution < 1.29 is 17.4 Å². The Kier molecular flexibility index (Phi) is 6.00. The Morgan fingerprint density at radius 1 is 0.750 bits per heavy atom. The first-order valence-corrected chi connectivity index (χ1v) is 12.6. The van der Waals surface area contributed by atoms with Gasteiger partial charge in [0, 0.05) is 16.6 Å². The van der Waals surface area contributed by atoms with Crippen molar-refractivity contribution in [2.24, 2.45) is 0 Å². The second-order valence-corrected chi connectivity index (χ2v) is 9.79. The van der Waals surface area contributed by atoms with Crippen LogP contribution in [-0.4, -0.2) is 18.8 Å². The average Bonchev–Trinajstić information content (AvgIpc) is 2.90. The van der Waals surface area contributed by atoms with Crippen LogP contribution in [0.2, 0.25) is 0 Å². The SMILES string of the molecule is Cc1ccc(S(=O)(=O)Oc2c(C(=O)c3ccccc3)c(=O)n(-c3ccccc3)c3ccccc23)cc1. The van der Waals surface area contributed by atoms with Crippen molar-refractivity contribution in [3.63, 3.8) is 0 Å². The summed E-state index contributed by atoms with van der Waals surface area (Å²) < 4.78 is 33.6. The van der Waals surface area contributed by atoms with Crippen molar-refractivity contribution in [3.8, 4) is 11.4 Å². The number of aryl methyl sites for hydroxylation is 1. The molecule has 0 aliphatic rings. The molecule has 5 rings (SSSR count). The highest BCUT2D eigenvalue weighted by Gasteiger charge is 2.29. The van der Waals surface area contributed by atoms with E-state index in [9.17, 15) is 18.0 Å². The number of carbonyl (C=O) groups excluding carboxylic acids is 1. The third kappa shape index (κ3) is 4.21. The van der Waals surface area contributed by atoms with Gasteiger partial charge in [0.2, 0.25) is 5.78 Å². The van der Waals surface area contributed by atoms with Crippen LogP contribution in [0.15, 0.2) is 119 Å². The van der Waals surface area contributed by atoms with Crippen LogP contribution in [0.25, 0.3) is 16.6 Å². The number of fused-ring (bicyclic) bond motifs is 1. The number of hydrogen-bond donors (Lipinski definition) is 0. The molecule has 1 heterocycles. The van der Waals surface area contributed by atoms with Crippen LogP contribution in [0, 0.1) is 6.92 Å². The van der Waals surface area contributed by atoms with Crippen LogP contribution in [0.4, 0.5) is 0 Å². The minimum absolute atomic E-state index is 0.0810. The Morgan fingerprint density at radius 2 is 1.33 bits per heavy atom. The standard InChI is InChI=1S/C29H21NO5S/c1-20-16-18-23(19-17-20)36(33,34)35-28-24-14-8-9-15-25(24)30(22-12-6-3-7-13-22)29(32)26(28)27(31)21-10-4-2-5-11-21/h2-19H,1H3. The van der Waals surface area contributed by atoms with Gasteiger partial charge in [-0.1, -0.05) is 78.4 Å². The van der Waals surface area contributed by atoms with Gasteiger partial charge in [-0.05, 0) is 43.3 Å². The van der Waals surface area contributed by atoms with E-state index in [-0.39, 0.29) is 21.8 Å². The Labute approximate surface area is 208 Å². The fourth-order valence-corrected chi connectivity index (χ4v) is 4.99. The topological polar surface area (TPSA) is 82.4 Å². The Balaban J connectivity index is 1.84. The first-order chi connectivity index (χ1) is 17.4. The molecule has 0 unspecified atom stereocenters. The number of para-hydroxylation sites is 2. The maximum absolute atomic E-state index is 14.0. The molecule has 36 heavy (non-hydrogen) atoms. The van der Waals surface area contributed by atoms with Crippen LogP contribution < -0.4 is 9.74 Å². The van der Waals surface area contributed by atoms with E-state index in [0.717, 1.165) is 5.56 Å². The van der Waals surface area contributed by atoms with E-state index in [1.165, 1.54) is 16.7 Å². The largest absolute Gasteiger partial charge is 0.377 e. The molecule has 7 heteroatoms. The molecule has 1 aromatic heterocycles. The predicted octanol–water partition coefficient (Wildman–Crippen LogP) is 5.30. The summed E-state index contributed by atoms with van der Waals surface area (Å²) in [5, 5.41) is 0.316. The number of hydrogen-bond acceptors (Lipinski definition) is 5. The highest BCUT2D eigenvalue weighted by atomic mass is 32.2. The number of nitrogens with zero attached hydrogens (tertiary/aromatic N) is 1. The summed E-state index contributed by atoms with van der Waals surface area (Å²) >= 11 is 0. The molecule has 0 saturated heterocycles. The average molecular weight is 496 g/mol. The molecular formula is C29H21NO5S. The monoisotopic (exact) mass is 495 g/mol. The van der Waals surface area contributed by atoms with E-state index in [2.05, 4.69) is 0 Å². The van der Waals surface area contributed by atoms with Gasteiger partial charge < -0.3 is 4.18 Å². The van der Waals surface area contributed by atoms with Crippen molar-refractivity contribution in [2.45, 2.75) is 11.8 Å². The zero-order valence-electron chi connectivity index (χ0n) is 19.3. The molecule has 0 saturated carbocycles. The molecule has 0 fully saturated rings. The third-order valence-electron chi connectivity index (χ3n) is 5.81. The minimum Gasteiger partial charge on any atom is -0.377 e. The van der Waals surface area contributed by atoms with E-state index in [1.807, 2.05) is 13.0 Å². The van der Waals surface area contributed by atoms with Gasteiger partial charge in [-0.15, -0.1) is 0 Å². The van der Waals surface area contributed by atoms with Gasteiger partial charge in [-0.3, -0.25) is 14.2 Å². The fraction of sp³-hybridized carbons (Fsp3) is 0.0345. The molecule has 0 aliphatic carbocycles. The van der Waals surface area contributed by atoms with Gasteiger partial charge in [0.05, 0.1) is 5.52 Å². The highest BCUT2D eigenvalue weighted by Crippen LogP contribution is 2.33. The molecule has 0 aliphatic heterocycles. The number of rotatable bonds is 6. The van der Waals surface area contributed by atoms with Crippen LogP contribution >= 0.6 is 0 Å². The van der Waals surface area contributed by atoms with Crippen LogP contribution in [0.5, 0.6) is 5.75 Å². The molecule has 0 spiro atoms. The maximum atomic E-state index is 14.0. The second kappa shape index (κ2) is 9.28. The summed E-state index contributed by atoms with van der Waals surface area (Å²) in [6, 6.07) is 30.0. The zero-order chi connectivity index (χ0) is 25.3. The number of pyridine rings is 1. The lowest BCUT2D eigenvalue weighted by molar-refractivity contribution is 0.103. The number of benzene rings is 4. The predicted molar refractivity (Wildman–Crippen MR) is 138 cm³/mol. The van der Waals surface area contributed by atoms with Crippen LogP contribution in [0.3, 0.4) is 0 Å². The zero-order valence-corrected chi connectivity index (χ0v) is 20.1. The van der Waals surface area contributed by atoms with Crippen molar-refractivity contribution >= 4 is 26.8 Å². The van der Waals surface area contributed by atoms with Gasteiger partial charge in [-0.2, -0.15) is 8.42 Å². The van der Waals surface area contributed by atoms with Crippen molar-refractivity contribution in [2.75, 3.05) is 0 Å². The third-order valence-corrected chi connectivity index (χ3v) is 7.05. The molecule has 0 radical (unpaired) electrons. The van der Waals surface area contributed by atoms with Gasteiger partial charge in [0.25, 0.3) is 5.56 Å². The normalized spacial score (nSPS) is 11.4. The van der Waals surface area contributed by atoms with Crippen LogP contribution in [-0.2, 0) is 10.1 Å². The van der Waals surface area contributed by atoms with E-state index in [0.29, 0.717) is 16.6 Å². The molecule has 6 nitrogen and oxygen atoms in total. The van der Waals surface area contributed by atoms with E-state index in [4.69, 9.17) is 4.18 Å². The lowest BCUT2D eigenvalue weighted by atomic mass is 10.0. The lowest BCUT2D eigenvalue weighted by Crippen LogP contribution is -2.28.